The Morgan fingerprint density at radius 1 is 1.32 bits per heavy atom. The third-order valence-corrected chi connectivity index (χ3v) is 3.38. The molecule has 4 N–H and O–H groups in total. The minimum Gasteiger partial charge on any atom is -0.356 e. The molecule has 9 heteroatoms. The number of nitrogens with one attached hydrogen (secondary N) is 2. The molecule has 1 unspecified atom stereocenters. The Labute approximate surface area is 147 Å². The van der Waals surface area contributed by atoms with Crippen LogP contribution in [0.25, 0.3) is 0 Å². The van der Waals surface area contributed by atoms with Crippen molar-refractivity contribution < 1.29 is 9.59 Å². The lowest BCUT2D eigenvalue weighted by molar-refractivity contribution is -0.120. The molecule has 1 aromatic rings. The molecule has 1 rings (SSSR count). The maximum atomic E-state index is 11.7. The van der Waals surface area contributed by atoms with Gasteiger partial charge in [0.05, 0.1) is 12.1 Å². The quantitative estimate of drug-likeness (QED) is 0.683. The van der Waals surface area contributed by atoms with Gasteiger partial charge in [0.1, 0.15) is 0 Å². The maximum Gasteiger partial charge on any atom is 0.228 e. The molecule has 1 aromatic heterocycles. The van der Waals surface area contributed by atoms with E-state index in [-0.39, 0.29) is 55.0 Å². The van der Waals surface area contributed by atoms with Gasteiger partial charge in [-0.25, -0.2) is 4.98 Å². The van der Waals surface area contributed by atoms with Crippen molar-refractivity contribution in [3.63, 3.8) is 0 Å². The zero-order chi connectivity index (χ0) is 15.1. The van der Waals surface area contributed by atoms with Crippen LogP contribution in [0.15, 0.2) is 5.38 Å². The van der Waals surface area contributed by atoms with Crippen LogP contribution in [0.2, 0.25) is 0 Å². The summed E-state index contributed by atoms with van der Waals surface area (Å²) in [6.45, 7) is 6.10. The van der Waals surface area contributed by atoms with Gasteiger partial charge in [0.2, 0.25) is 11.8 Å². The highest BCUT2D eigenvalue weighted by atomic mass is 35.5. The van der Waals surface area contributed by atoms with Gasteiger partial charge in [-0.3, -0.25) is 9.59 Å². The van der Waals surface area contributed by atoms with E-state index in [2.05, 4.69) is 15.6 Å². The Bertz CT molecular complexity index is 467. The average molecular weight is 371 g/mol. The van der Waals surface area contributed by atoms with Crippen LogP contribution in [0.5, 0.6) is 0 Å². The molecule has 0 saturated carbocycles. The second kappa shape index (κ2) is 11.6. The molecule has 22 heavy (non-hydrogen) atoms. The Balaban J connectivity index is 0. The van der Waals surface area contributed by atoms with Crippen molar-refractivity contribution in [2.75, 3.05) is 11.9 Å². The summed E-state index contributed by atoms with van der Waals surface area (Å²) in [5.41, 5.74) is 6.26. The summed E-state index contributed by atoms with van der Waals surface area (Å²) in [6, 6.07) is 0.0763. The van der Waals surface area contributed by atoms with E-state index in [9.17, 15) is 9.59 Å². The third kappa shape index (κ3) is 9.19. The molecule has 0 aliphatic heterocycles. The highest BCUT2D eigenvalue weighted by Gasteiger charge is 2.11. The standard InChI is InChI=1S/C13H22N4O2S.2ClH/c1-8(2)12(19)17-13-16-10(7-20-13)6-11(18)15-5-4-9(3)14;;/h7-9H,4-6,14H2,1-3H3,(H,15,18)(H,16,17,19);2*1H. The van der Waals surface area contributed by atoms with Gasteiger partial charge in [-0.2, -0.15) is 0 Å². The smallest absolute Gasteiger partial charge is 0.228 e. The summed E-state index contributed by atoms with van der Waals surface area (Å²) in [6.07, 6.45) is 0.964. The summed E-state index contributed by atoms with van der Waals surface area (Å²) < 4.78 is 0. The van der Waals surface area contributed by atoms with E-state index in [4.69, 9.17) is 5.73 Å². The highest BCUT2D eigenvalue weighted by Crippen LogP contribution is 2.16. The first-order valence-electron chi connectivity index (χ1n) is 6.66. The van der Waals surface area contributed by atoms with Crippen molar-refractivity contribution in [2.24, 2.45) is 11.7 Å². The molecular formula is C13H24Cl2N4O2S. The lowest BCUT2D eigenvalue weighted by atomic mass is 10.2. The number of halogens is 2. The Hall–Kier alpha value is -0.890. The number of hydrogen-bond donors (Lipinski definition) is 3. The van der Waals surface area contributed by atoms with E-state index >= 15 is 0 Å². The van der Waals surface area contributed by atoms with Crippen molar-refractivity contribution in [3.8, 4) is 0 Å². The number of anilines is 1. The van der Waals surface area contributed by atoms with Crippen LogP contribution < -0.4 is 16.4 Å². The summed E-state index contributed by atoms with van der Waals surface area (Å²) in [5.74, 6) is -0.256. The fraction of sp³-hybridized carbons (Fsp3) is 0.615. The SMILES string of the molecule is CC(N)CCNC(=O)Cc1csc(NC(=O)C(C)C)n1.Cl.Cl. The number of thiazole rings is 1. The molecule has 0 radical (unpaired) electrons. The minimum atomic E-state index is -0.0936. The van der Waals surface area contributed by atoms with Crippen LogP contribution >= 0.6 is 36.2 Å². The molecule has 0 aromatic carbocycles. The number of hydrogen-bond acceptors (Lipinski definition) is 5. The molecule has 2 amide bonds. The molecule has 0 aliphatic carbocycles. The first-order chi connectivity index (χ1) is 9.38. The van der Waals surface area contributed by atoms with Crippen LogP contribution in [-0.2, 0) is 16.0 Å². The van der Waals surface area contributed by atoms with E-state index in [1.807, 2.05) is 20.8 Å². The monoisotopic (exact) mass is 370 g/mol. The Morgan fingerprint density at radius 2 is 1.95 bits per heavy atom. The lowest BCUT2D eigenvalue weighted by Crippen LogP contribution is -2.30. The summed E-state index contributed by atoms with van der Waals surface area (Å²) in [5, 5.41) is 7.81. The lowest BCUT2D eigenvalue weighted by Gasteiger charge is -2.06. The van der Waals surface area contributed by atoms with Crippen LogP contribution in [0, 0.1) is 5.92 Å². The van der Waals surface area contributed by atoms with Crippen molar-refractivity contribution >= 4 is 53.1 Å². The molecule has 1 atom stereocenters. The van der Waals surface area contributed by atoms with E-state index in [1.54, 1.807) is 5.38 Å². The fourth-order valence-electron chi connectivity index (χ4n) is 1.36. The zero-order valence-electron chi connectivity index (χ0n) is 12.9. The normalized spacial score (nSPS) is 11.1. The van der Waals surface area contributed by atoms with Crippen LogP contribution in [0.4, 0.5) is 5.13 Å². The second-order valence-corrected chi connectivity index (χ2v) is 5.94. The van der Waals surface area contributed by atoms with Crippen molar-refractivity contribution in [1.82, 2.24) is 10.3 Å². The first kappa shape index (κ1) is 23.4. The van der Waals surface area contributed by atoms with Crippen LogP contribution in [0.3, 0.4) is 0 Å². The number of carbonyl (C=O) groups excluding carboxylic acids is 2. The van der Waals surface area contributed by atoms with E-state index in [1.165, 1.54) is 11.3 Å². The first-order valence-corrected chi connectivity index (χ1v) is 7.54. The molecule has 0 saturated heterocycles. The topological polar surface area (TPSA) is 97.1 Å². The van der Waals surface area contributed by atoms with Gasteiger partial charge in [-0.15, -0.1) is 36.2 Å². The van der Waals surface area contributed by atoms with Gasteiger partial charge in [0, 0.05) is 23.9 Å². The Morgan fingerprint density at radius 3 is 2.50 bits per heavy atom. The molecule has 0 fully saturated rings. The molecule has 6 nitrogen and oxygen atoms in total. The highest BCUT2D eigenvalue weighted by molar-refractivity contribution is 7.13. The predicted molar refractivity (Wildman–Crippen MR) is 95.1 cm³/mol. The molecule has 128 valence electrons. The van der Waals surface area contributed by atoms with Gasteiger partial charge in [0.25, 0.3) is 0 Å². The van der Waals surface area contributed by atoms with Crippen LogP contribution in [0.1, 0.15) is 32.9 Å². The zero-order valence-corrected chi connectivity index (χ0v) is 15.4. The molecular weight excluding hydrogens is 347 g/mol. The number of carbonyl (C=O) groups is 2. The molecule has 0 spiro atoms. The fourth-order valence-corrected chi connectivity index (χ4v) is 2.07. The van der Waals surface area contributed by atoms with E-state index < -0.39 is 0 Å². The average Bonchev–Trinajstić information content (AvgIpc) is 2.75. The third-order valence-electron chi connectivity index (χ3n) is 2.57. The second-order valence-electron chi connectivity index (χ2n) is 5.08. The van der Waals surface area contributed by atoms with E-state index in [0.717, 1.165) is 6.42 Å². The van der Waals surface area contributed by atoms with E-state index in [0.29, 0.717) is 17.4 Å². The maximum absolute atomic E-state index is 11.7. The molecule has 1 heterocycles. The minimum absolute atomic E-state index is 0. The van der Waals surface area contributed by atoms with Crippen LogP contribution in [-0.4, -0.2) is 29.4 Å². The largest absolute Gasteiger partial charge is 0.356 e. The molecule has 0 aliphatic rings. The van der Waals surface area contributed by atoms with Gasteiger partial charge >= 0.3 is 0 Å². The predicted octanol–water partition coefficient (Wildman–Crippen LogP) is 1.98. The molecule has 0 bridgehead atoms. The summed E-state index contributed by atoms with van der Waals surface area (Å²) >= 11 is 1.32. The summed E-state index contributed by atoms with van der Waals surface area (Å²) in [7, 11) is 0. The number of rotatable bonds is 7. The van der Waals surface area contributed by atoms with Gasteiger partial charge in [-0.05, 0) is 13.3 Å². The van der Waals surface area contributed by atoms with Gasteiger partial charge in [0.15, 0.2) is 5.13 Å². The van der Waals surface area contributed by atoms with Crippen molar-refractivity contribution in [2.45, 2.75) is 39.7 Å². The number of aromatic nitrogens is 1. The van der Waals surface area contributed by atoms with Gasteiger partial charge in [-0.1, -0.05) is 13.8 Å². The number of nitrogens with two attached hydrogens (primary N) is 1. The summed E-state index contributed by atoms with van der Waals surface area (Å²) in [4.78, 5) is 27.4. The van der Waals surface area contributed by atoms with Crippen molar-refractivity contribution in [3.05, 3.63) is 11.1 Å². The van der Waals surface area contributed by atoms with Gasteiger partial charge < -0.3 is 16.4 Å². The number of nitrogens with zero attached hydrogens (tertiary/aromatic N) is 1. The Kier molecular flexibility index (Phi) is 12.4. The number of amides is 2. The van der Waals surface area contributed by atoms with Crippen molar-refractivity contribution in [1.29, 1.82) is 0 Å².